The number of alkyl halides is 1. The van der Waals surface area contributed by atoms with Gasteiger partial charge in [-0.3, -0.25) is 25.2 Å². The molecule has 26 nitrogen and oxygen atoms in total. The molecule has 5 N–H and O–H groups in total. The van der Waals surface area contributed by atoms with E-state index < -0.39 is 12.8 Å². The van der Waals surface area contributed by atoms with Crippen molar-refractivity contribution in [3.8, 4) is 93.1 Å². The molecule has 0 radical (unpaired) electrons. The van der Waals surface area contributed by atoms with Crippen LogP contribution in [0, 0.1) is 26.3 Å². The number of thiophene rings is 4. The highest BCUT2D eigenvalue weighted by molar-refractivity contribution is 7.22. The van der Waals surface area contributed by atoms with E-state index in [-0.39, 0.29) is 24.4 Å². The van der Waals surface area contributed by atoms with Crippen LogP contribution in [0.3, 0.4) is 0 Å². The van der Waals surface area contributed by atoms with Gasteiger partial charge < -0.3 is 43.5 Å². The Morgan fingerprint density at radius 1 is 0.514 bits per heavy atom. The number of esters is 1. The van der Waals surface area contributed by atoms with Crippen LogP contribution in [0.15, 0.2) is 104 Å². The van der Waals surface area contributed by atoms with E-state index in [1.807, 2.05) is 17.0 Å². The molecule has 0 amide bonds. The average molecular weight is 1710 g/mol. The highest BCUT2D eigenvalue weighted by Crippen LogP contribution is 2.58. The molecule has 12 aromatic rings. The van der Waals surface area contributed by atoms with Crippen LogP contribution in [-0.4, -0.2) is 176 Å². The second kappa shape index (κ2) is 36.7. The highest BCUT2D eigenvalue weighted by atomic mass is 35.5. The topological polar surface area (TPSA) is 277 Å². The minimum atomic E-state index is -0.569. The molecule has 16 rings (SSSR count). The molecule has 0 saturated carbocycles. The number of aromatic hydroxyl groups is 1. The average Bonchev–Trinajstić information content (AvgIpc) is 1.68. The predicted octanol–water partition coefficient (Wildman–Crippen LogP) is 19.9. The maximum atomic E-state index is 13.2. The fourth-order valence-electron chi connectivity index (χ4n) is 12.4. The maximum Gasteiger partial charge on any atom is 0.302 e. The second-order valence-corrected chi connectivity index (χ2v) is 31.1. The van der Waals surface area contributed by atoms with Crippen LogP contribution in [0.5, 0.6) is 5.75 Å². The lowest BCUT2D eigenvalue weighted by Gasteiger charge is -2.33. The molecular weight excluding hydrogens is 1650 g/mol. The van der Waals surface area contributed by atoms with Crippen LogP contribution >= 0.6 is 127 Å². The Balaban J connectivity index is 0.000000130. The molecule has 111 heavy (non-hydrogen) atoms. The van der Waals surface area contributed by atoms with E-state index in [0.29, 0.717) is 180 Å². The molecule has 1 unspecified atom stereocenters. The lowest BCUT2D eigenvalue weighted by molar-refractivity contribution is -0.145. The Morgan fingerprint density at radius 3 is 1.28 bits per heavy atom. The van der Waals surface area contributed by atoms with Crippen molar-refractivity contribution in [1.82, 2.24) is 60.7 Å². The Morgan fingerprint density at radius 2 is 0.901 bits per heavy atom. The summed E-state index contributed by atoms with van der Waals surface area (Å²) in [6.07, 6.45) is 7.72. The summed E-state index contributed by atoms with van der Waals surface area (Å²) in [6.45, 7) is 39.1. The van der Waals surface area contributed by atoms with E-state index in [4.69, 9.17) is 131 Å². The van der Waals surface area contributed by atoms with Crippen LogP contribution in [-0.2, 0) is 28.5 Å². The summed E-state index contributed by atoms with van der Waals surface area (Å²) in [6, 6.07) is 20.4. The molecule has 4 aliphatic rings. The fraction of sp³-hybridized carbons (Fsp3) is 0.247. The Labute approximate surface area is 684 Å². The van der Waals surface area contributed by atoms with Gasteiger partial charge in [0.05, 0.1) is 105 Å². The van der Waals surface area contributed by atoms with Gasteiger partial charge in [0.15, 0.2) is 23.3 Å². The number of rotatable bonds is 15. The van der Waals surface area contributed by atoms with Crippen molar-refractivity contribution in [2.24, 2.45) is 0 Å². The number of phenols is 1. The SMILES string of the molecule is [C-]#[N+]c1c(C2=CCOCC2)sc(-c2ncn[nH]2)c1-c1ccc(Cl)cc1Cl.[C-]#[N+]c1c(N2CCOC(COC(C)=O)C2)sc(-c2ncn[nH]2)c1-c1ccc(Cl)cc1Cl.[C-]#[N+]c1c(N2CCOCC2)sc(-c2ncn[nH]2)c1-c1ccc(O)cc1Cl.[C-]#[N+]c1c(N2CCO[C@H](CF)C2)sc(-c2ncn[nH]2)c1-c1ccc(Cl)cc1Cl. The molecule has 4 aromatic carbocycles. The minimum Gasteiger partial charge on any atom is -0.508 e. The van der Waals surface area contributed by atoms with Crippen molar-refractivity contribution < 1.29 is 38.0 Å². The summed E-state index contributed by atoms with van der Waals surface area (Å²) in [5, 5.41) is 42.7. The van der Waals surface area contributed by atoms with E-state index in [2.05, 4.69) is 89.9 Å². The number of phenolic OH excluding ortho intramolecular Hbond substituents is 1. The zero-order valence-corrected chi connectivity index (χ0v) is 66.4. The van der Waals surface area contributed by atoms with E-state index in [1.54, 1.807) is 60.7 Å². The molecule has 0 bridgehead atoms. The normalized spacial score (nSPS) is 15.5. The van der Waals surface area contributed by atoms with Crippen molar-refractivity contribution in [3.05, 3.63) is 190 Å². The molecule has 0 spiro atoms. The van der Waals surface area contributed by atoms with Gasteiger partial charge >= 0.3 is 5.97 Å². The first-order valence-electron chi connectivity index (χ1n) is 33.4. The summed E-state index contributed by atoms with van der Waals surface area (Å²) >= 11 is 49.8. The first-order chi connectivity index (χ1) is 54.0. The predicted molar refractivity (Wildman–Crippen MR) is 435 cm³/mol. The number of halogens is 8. The zero-order valence-electron chi connectivity index (χ0n) is 57.8. The number of anilines is 3. The van der Waals surface area contributed by atoms with E-state index in [9.17, 15) is 14.3 Å². The number of hydrogen-bond donors (Lipinski definition) is 5. The fourth-order valence-corrected chi connectivity index (χ4v) is 19.1. The van der Waals surface area contributed by atoms with Crippen LogP contribution in [0.1, 0.15) is 18.2 Å². The molecule has 38 heteroatoms. The van der Waals surface area contributed by atoms with Crippen LogP contribution in [0.25, 0.3) is 112 Å². The summed E-state index contributed by atoms with van der Waals surface area (Å²) < 4.78 is 40.2. The molecule has 566 valence electrons. The Kier molecular flexibility index (Phi) is 26.3. The second-order valence-electron chi connectivity index (χ2n) is 24.2. The van der Waals surface area contributed by atoms with Crippen molar-refractivity contribution in [2.75, 3.05) is 107 Å². The highest BCUT2D eigenvalue weighted by Gasteiger charge is 2.35. The smallest absolute Gasteiger partial charge is 0.302 e. The number of nitrogens with one attached hydrogen (secondary N) is 4. The third kappa shape index (κ3) is 17.8. The van der Waals surface area contributed by atoms with Gasteiger partial charge in [-0.1, -0.05) is 112 Å². The molecule has 3 saturated heterocycles. The molecule has 8 aromatic heterocycles. The van der Waals surface area contributed by atoms with Gasteiger partial charge in [-0.25, -0.2) is 43.7 Å². The number of H-pyrrole nitrogens is 4. The monoisotopic (exact) mass is 1700 g/mol. The number of benzene rings is 4. The Bertz CT molecular complexity index is 5530. The van der Waals surface area contributed by atoms with Gasteiger partial charge in [0.2, 0.25) is 22.7 Å². The molecule has 12 heterocycles. The van der Waals surface area contributed by atoms with E-state index >= 15 is 0 Å². The van der Waals surface area contributed by atoms with Crippen molar-refractivity contribution in [2.45, 2.75) is 25.6 Å². The Hall–Kier alpha value is -9.59. The number of ether oxygens (including phenoxy) is 5. The van der Waals surface area contributed by atoms with Gasteiger partial charge in [-0.2, -0.15) is 20.4 Å². The molecular formula is C73H57Cl7FN19O7S4. The summed E-state index contributed by atoms with van der Waals surface area (Å²) in [5.41, 5.74) is 8.72. The number of carbonyl (C=O) groups excluding carboxylic acids is 1. The van der Waals surface area contributed by atoms with Crippen LogP contribution < -0.4 is 14.7 Å². The third-order valence-electron chi connectivity index (χ3n) is 17.3. The largest absolute Gasteiger partial charge is 0.508 e. The quantitative estimate of drug-likeness (QED) is 0.0471. The van der Waals surface area contributed by atoms with E-state index in [0.717, 1.165) is 75.6 Å². The van der Waals surface area contributed by atoms with Crippen molar-refractivity contribution >= 4 is 176 Å². The summed E-state index contributed by atoms with van der Waals surface area (Å²) in [5.74, 6) is 2.00. The lowest BCUT2D eigenvalue weighted by atomic mass is 10.0. The molecule has 2 atom stereocenters. The van der Waals surface area contributed by atoms with Gasteiger partial charge in [0.25, 0.3) is 0 Å². The first-order valence-corrected chi connectivity index (χ1v) is 39.4. The number of hydrogen-bond acceptors (Lipinski definition) is 22. The van der Waals surface area contributed by atoms with Gasteiger partial charge in [0.1, 0.15) is 56.5 Å². The standard InChI is InChI=1S/C20H17Cl2N5O3S.C18H14Cl2FN5OS.C18H12Cl2N4OS.C17H14ClN5O2S/c1-11(28)30-9-13-8-27(5-6-29-13)20-17(23-2)16(14-4-3-12(21)7-15(14)22)18(31-20)19-24-10-25-26-19;1-22-15-14(12-3-2-10(19)6-13(12)20)16(17-23-9-24-25-17)28-18(15)26-4-5-27-11(7-21)8-26;1-21-15-14(12-3-2-11(19)8-13(12)20)17(18-22-9-23-24-18)26-16(15)10-4-6-25-7-5-10;1-19-14-13(11-3-2-10(24)8-12(11)18)15(16-20-9-21-22-16)26-17(14)23-4-6-25-7-5-23/h3-4,7,10,13H,5-6,8-9H2,1H3,(H,24,25,26);2-3,6,9,11H,4-5,7-8H2,(H,23,24,25);2-4,8-9H,5-7H2,(H,22,23,24);2-3,8-9,24H,4-7H2,(H,20,21,22)/t;11-;;/m.1../s1. The number of aromatic nitrogens is 12. The summed E-state index contributed by atoms with van der Waals surface area (Å²) in [4.78, 5) is 53.8. The van der Waals surface area contributed by atoms with Crippen LogP contribution in [0.2, 0.25) is 35.2 Å². The van der Waals surface area contributed by atoms with Gasteiger partial charge in [0, 0.05) is 103 Å². The molecule has 4 aliphatic heterocycles. The van der Waals surface area contributed by atoms with E-state index in [1.165, 1.54) is 83.6 Å². The molecule has 3 fully saturated rings. The first kappa shape index (κ1) is 79.5. The molecule has 0 aliphatic carbocycles. The maximum absolute atomic E-state index is 13.2. The number of aromatic amines is 4. The number of carbonyl (C=O) groups is 1. The third-order valence-corrected chi connectivity index (χ3v) is 24.3. The number of nitrogens with zero attached hydrogens (tertiary/aromatic N) is 15. The summed E-state index contributed by atoms with van der Waals surface area (Å²) in [7, 11) is 0. The zero-order chi connectivity index (χ0) is 77.8. The minimum absolute atomic E-state index is 0.0768. The number of morpholine rings is 3. The van der Waals surface area contributed by atoms with Gasteiger partial charge in [-0.05, 0) is 82.8 Å². The van der Waals surface area contributed by atoms with Crippen LogP contribution in [0.4, 0.5) is 42.1 Å². The lowest BCUT2D eigenvalue weighted by Crippen LogP contribution is -2.44. The van der Waals surface area contributed by atoms with Crippen molar-refractivity contribution in [3.63, 3.8) is 0 Å². The van der Waals surface area contributed by atoms with Crippen molar-refractivity contribution in [1.29, 1.82) is 0 Å². The van der Waals surface area contributed by atoms with Gasteiger partial charge in [-0.15, -0.1) is 45.3 Å².